The van der Waals surface area contributed by atoms with Crippen LogP contribution >= 0.6 is 0 Å². The second-order valence-corrected chi connectivity index (χ2v) is 3.00. The molecule has 0 atom stereocenters. The van der Waals surface area contributed by atoms with Crippen molar-refractivity contribution in [2.75, 3.05) is 6.54 Å². The van der Waals surface area contributed by atoms with Gasteiger partial charge in [-0.15, -0.1) is 0 Å². The van der Waals surface area contributed by atoms with Crippen molar-refractivity contribution in [1.82, 2.24) is 0 Å². The van der Waals surface area contributed by atoms with Gasteiger partial charge in [0, 0.05) is 5.56 Å². The Kier molecular flexibility index (Phi) is 4.35. The summed E-state index contributed by atoms with van der Waals surface area (Å²) in [6.07, 6.45) is -8.40. The van der Waals surface area contributed by atoms with Crippen LogP contribution < -0.4 is 10.5 Å². The number of ether oxygens (including phenoxy) is 1. The molecule has 1 aromatic carbocycles. The normalized spacial score (nSPS) is 10.9. The van der Waals surface area contributed by atoms with E-state index < -0.39 is 12.5 Å². The molecule has 1 rings (SSSR count). The molecular weight excluding hydrogens is 238 g/mol. The highest BCUT2D eigenvalue weighted by Gasteiger charge is 2.43. The lowest BCUT2D eigenvalue weighted by Crippen LogP contribution is -2.33. The molecule has 2 nitrogen and oxygen atoms in total. The van der Waals surface area contributed by atoms with E-state index in [2.05, 4.69) is 16.6 Å². The lowest BCUT2D eigenvalue weighted by atomic mass is 10.2. The summed E-state index contributed by atoms with van der Waals surface area (Å²) in [5.74, 6) is 4.70. The zero-order chi connectivity index (χ0) is 12.9. The Morgan fingerprint density at radius 2 is 2.06 bits per heavy atom. The molecule has 0 saturated carbocycles. The molecule has 17 heavy (non-hydrogen) atoms. The molecule has 0 bridgehead atoms. The molecule has 0 unspecified atom stereocenters. The average molecular weight is 247 g/mol. The summed E-state index contributed by atoms with van der Waals surface area (Å²) in [6, 6.07) is 5.18. The maximum Gasteiger partial charge on any atom is 0.461 e. The lowest BCUT2D eigenvalue weighted by molar-refractivity contribution is -0.253. The zero-order valence-electron chi connectivity index (χ0n) is 8.59. The SMILES string of the molecule is NCC#Cc1cccc(OC(F)(F)C(F)F)c1. The second kappa shape index (κ2) is 5.55. The van der Waals surface area contributed by atoms with Crippen LogP contribution in [-0.4, -0.2) is 19.1 Å². The van der Waals surface area contributed by atoms with Gasteiger partial charge < -0.3 is 10.5 Å². The van der Waals surface area contributed by atoms with E-state index in [0.29, 0.717) is 5.56 Å². The first-order valence-electron chi connectivity index (χ1n) is 4.59. The number of alkyl halides is 4. The standard InChI is InChI=1S/C11H9F4NO/c12-10(13)11(14,15)17-9-5-1-3-8(7-9)4-2-6-16/h1,3,5,7,10H,6,16H2. The highest BCUT2D eigenvalue weighted by molar-refractivity contribution is 5.40. The summed E-state index contributed by atoms with van der Waals surface area (Å²) in [4.78, 5) is 0. The molecule has 0 spiro atoms. The predicted molar refractivity (Wildman–Crippen MR) is 54.0 cm³/mol. The smallest absolute Gasteiger partial charge is 0.428 e. The number of hydrogen-bond donors (Lipinski definition) is 1. The van der Waals surface area contributed by atoms with E-state index >= 15 is 0 Å². The maximum atomic E-state index is 12.6. The lowest BCUT2D eigenvalue weighted by Gasteiger charge is -2.16. The summed E-state index contributed by atoms with van der Waals surface area (Å²) in [5.41, 5.74) is 5.49. The number of halogens is 4. The molecule has 0 aromatic heterocycles. The fourth-order valence-corrected chi connectivity index (χ4v) is 0.992. The number of benzene rings is 1. The van der Waals surface area contributed by atoms with Gasteiger partial charge in [-0.3, -0.25) is 0 Å². The maximum absolute atomic E-state index is 12.6. The quantitative estimate of drug-likeness (QED) is 0.656. The van der Waals surface area contributed by atoms with Gasteiger partial charge in [-0.1, -0.05) is 17.9 Å². The monoisotopic (exact) mass is 247 g/mol. The number of nitrogens with two attached hydrogens (primary N) is 1. The summed E-state index contributed by atoms with van der Waals surface area (Å²) < 4.78 is 52.8. The summed E-state index contributed by atoms with van der Waals surface area (Å²) in [5, 5.41) is 0. The summed E-state index contributed by atoms with van der Waals surface area (Å²) in [7, 11) is 0. The molecular formula is C11H9F4NO. The van der Waals surface area contributed by atoms with E-state index in [1.54, 1.807) is 0 Å². The minimum absolute atomic E-state index is 0.109. The van der Waals surface area contributed by atoms with Crippen LogP contribution in [0.25, 0.3) is 0 Å². The Labute approximate surface area is 95.4 Å². The highest BCUT2D eigenvalue weighted by atomic mass is 19.3. The van der Waals surface area contributed by atoms with Crippen LogP contribution in [-0.2, 0) is 0 Å². The first-order chi connectivity index (χ1) is 7.95. The first kappa shape index (κ1) is 13.3. The van der Waals surface area contributed by atoms with Gasteiger partial charge in [0.2, 0.25) is 0 Å². The van der Waals surface area contributed by atoms with Crippen LogP contribution in [0.5, 0.6) is 5.75 Å². The third-order valence-electron chi connectivity index (χ3n) is 1.68. The first-order valence-corrected chi connectivity index (χ1v) is 4.59. The van der Waals surface area contributed by atoms with Crippen LogP contribution in [0.3, 0.4) is 0 Å². The van der Waals surface area contributed by atoms with Crippen molar-refractivity contribution in [2.45, 2.75) is 12.5 Å². The zero-order valence-corrected chi connectivity index (χ0v) is 8.59. The van der Waals surface area contributed by atoms with Gasteiger partial charge in [0.05, 0.1) is 6.54 Å². The van der Waals surface area contributed by atoms with Crippen molar-refractivity contribution in [1.29, 1.82) is 0 Å². The molecule has 0 amide bonds. The third-order valence-corrected chi connectivity index (χ3v) is 1.68. The summed E-state index contributed by atoms with van der Waals surface area (Å²) >= 11 is 0. The van der Waals surface area contributed by atoms with Crippen molar-refractivity contribution >= 4 is 0 Å². The Bertz CT molecular complexity index is 437. The molecule has 0 fully saturated rings. The fraction of sp³-hybridized carbons (Fsp3) is 0.273. The molecule has 0 aliphatic carbocycles. The van der Waals surface area contributed by atoms with E-state index in [1.807, 2.05) is 0 Å². The fourth-order valence-electron chi connectivity index (χ4n) is 0.992. The van der Waals surface area contributed by atoms with Crippen LogP contribution in [0.1, 0.15) is 5.56 Å². The Balaban J connectivity index is 2.86. The molecule has 0 radical (unpaired) electrons. The minimum Gasteiger partial charge on any atom is -0.428 e. The Hall–Kier alpha value is -1.74. The Morgan fingerprint density at radius 1 is 1.35 bits per heavy atom. The van der Waals surface area contributed by atoms with Crippen molar-refractivity contribution < 1.29 is 22.3 Å². The van der Waals surface area contributed by atoms with E-state index in [0.717, 1.165) is 12.1 Å². The minimum atomic E-state index is -4.51. The van der Waals surface area contributed by atoms with Crippen LogP contribution in [0.2, 0.25) is 0 Å². The largest absolute Gasteiger partial charge is 0.461 e. The Morgan fingerprint density at radius 3 is 2.65 bits per heavy atom. The molecule has 92 valence electrons. The molecule has 0 saturated heterocycles. The van der Waals surface area contributed by atoms with E-state index in [-0.39, 0.29) is 12.3 Å². The molecule has 1 aromatic rings. The van der Waals surface area contributed by atoms with Gasteiger partial charge in [0.15, 0.2) is 0 Å². The van der Waals surface area contributed by atoms with Crippen molar-refractivity contribution in [3.63, 3.8) is 0 Å². The van der Waals surface area contributed by atoms with Gasteiger partial charge in [-0.05, 0) is 18.2 Å². The summed E-state index contributed by atoms with van der Waals surface area (Å²) in [6.45, 7) is 0.109. The van der Waals surface area contributed by atoms with Crippen LogP contribution in [0, 0.1) is 11.8 Å². The predicted octanol–water partition coefficient (Wildman–Crippen LogP) is 2.23. The third kappa shape index (κ3) is 3.96. The highest BCUT2D eigenvalue weighted by Crippen LogP contribution is 2.27. The van der Waals surface area contributed by atoms with E-state index in [1.165, 1.54) is 12.1 Å². The van der Waals surface area contributed by atoms with Crippen molar-refractivity contribution in [3.8, 4) is 17.6 Å². The molecule has 0 aliphatic rings. The van der Waals surface area contributed by atoms with Gasteiger partial charge >= 0.3 is 12.5 Å². The average Bonchev–Trinajstić information content (AvgIpc) is 2.26. The number of rotatable bonds is 3. The number of hydrogen-bond acceptors (Lipinski definition) is 2. The van der Waals surface area contributed by atoms with Gasteiger partial charge in [0.1, 0.15) is 5.75 Å². The van der Waals surface area contributed by atoms with Crippen molar-refractivity contribution in [3.05, 3.63) is 29.8 Å². The van der Waals surface area contributed by atoms with Crippen LogP contribution in [0.15, 0.2) is 24.3 Å². The molecule has 2 N–H and O–H groups in total. The molecule has 0 aliphatic heterocycles. The van der Waals surface area contributed by atoms with Gasteiger partial charge in [0.25, 0.3) is 0 Å². The van der Waals surface area contributed by atoms with Crippen molar-refractivity contribution in [2.24, 2.45) is 5.73 Å². The molecule has 0 heterocycles. The van der Waals surface area contributed by atoms with E-state index in [9.17, 15) is 17.6 Å². The van der Waals surface area contributed by atoms with E-state index in [4.69, 9.17) is 5.73 Å². The van der Waals surface area contributed by atoms with Crippen LogP contribution in [0.4, 0.5) is 17.6 Å². The topological polar surface area (TPSA) is 35.2 Å². The second-order valence-electron chi connectivity index (χ2n) is 3.00. The molecule has 6 heteroatoms. The van der Waals surface area contributed by atoms with Gasteiger partial charge in [-0.2, -0.15) is 17.6 Å². The van der Waals surface area contributed by atoms with Gasteiger partial charge in [-0.25, -0.2) is 0 Å².